The number of amides is 1. The topological polar surface area (TPSA) is 77.5 Å². The lowest BCUT2D eigenvalue weighted by Crippen LogP contribution is -2.16. The summed E-state index contributed by atoms with van der Waals surface area (Å²) in [6.45, 7) is 3.67. The second kappa shape index (κ2) is 8.81. The second-order valence-corrected chi connectivity index (χ2v) is 5.92. The molecular weight excluding hydrogens is 356 g/mol. The van der Waals surface area contributed by atoms with E-state index in [1.54, 1.807) is 38.1 Å². The van der Waals surface area contributed by atoms with Gasteiger partial charge in [-0.1, -0.05) is 30.3 Å². The normalized spacial score (nSPS) is 10.2. The molecule has 28 heavy (non-hydrogen) atoms. The quantitative estimate of drug-likeness (QED) is 0.636. The standard InChI is InChI=1S/C22H20N2O4/c1-3-27-22(26)17-13-14-19(23-15(17)2)21(25)24-18-11-7-8-12-20(18)28-16-9-5-4-6-10-16/h4-14H,3H2,1-2H3,(H,24,25). The highest BCUT2D eigenvalue weighted by molar-refractivity contribution is 6.04. The highest BCUT2D eigenvalue weighted by atomic mass is 16.5. The number of esters is 1. The SMILES string of the molecule is CCOC(=O)c1ccc(C(=O)Nc2ccccc2Oc2ccccc2)nc1C. The molecule has 6 nitrogen and oxygen atoms in total. The average Bonchev–Trinajstić information content (AvgIpc) is 2.70. The van der Waals surface area contributed by atoms with Crippen LogP contribution in [0.1, 0.15) is 33.5 Å². The molecule has 0 spiro atoms. The average molecular weight is 376 g/mol. The van der Waals surface area contributed by atoms with Crippen molar-refractivity contribution < 1.29 is 19.1 Å². The van der Waals surface area contributed by atoms with Crippen LogP contribution in [0.25, 0.3) is 0 Å². The minimum atomic E-state index is -0.457. The van der Waals surface area contributed by atoms with E-state index in [1.165, 1.54) is 6.07 Å². The molecule has 1 amide bonds. The highest BCUT2D eigenvalue weighted by Gasteiger charge is 2.16. The van der Waals surface area contributed by atoms with Crippen LogP contribution in [0.2, 0.25) is 0 Å². The summed E-state index contributed by atoms with van der Waals surface area (Å²) in [6, 6.07) is 19.5. The molecule has 142 valence electrons. The van der Waals surface area contributed by atoms with Crippen molar-refractivity contribution in [3.05, 3.63) is 83.7 Å². The number of nitrogens with zero attached hydrogens (tertiary/aromatic N) is 1. The molecule has 2 aromatic carbocycles. The number of nitrogens with one attached hydrogen (secondary N) is 1. The molecular formula is C22H20N2O4. The van der Waals surface area contributed by atoms with Crippen LogP contribution >= 0.6 is 0 Å². The number of benzene rings is 2. The molecule has 0 aliphatic heterocycles. The highest BCUT2D eigenvalue weighted by Crippen LogP contribution is 2.29. The number of hydrogen-bond acceptors (Lipinski definition) is 5. The van der Waals surface area contributed by atoms with Gasteiger partial charge in [-0.25, -0.2) is 9.78 Å². The third-order valence-corrected chi connectivity index (χ3v) is 3.92. The van der Waals surface area contributed by atoms with Gasteiger partial charge in [0.05, 0.1) is 23.6 Å². The van der Waals surface area contributed by atoms with Crippen molar-refractivity contribution in [1.82, 2.24) is 4.98 Å². The van der Waals surface area contributed by atoms with E-state index < -0.39 is 11.9 Å². The van der Waals surface area contributed by atoms with E-state index in [-0.39, 0.29) is 12.3 Å². The molecule has 0 unspecified atom stereocenters. The number of ether oxygens (including phenoxy) is 2. The van der Waals surface area contributed by atoms with Gasteiger partial charge in [0.25, 0.3) is 5.91 Å². The van der Waals surface area contributed by atoms with Crippen molar-refractivity contribution in [3.8, 4) is 11.5 Å². The fourth-order valence-electron chi connectivity index (χ4n) is 2.57. The molecule has 1 N–H and O–H groups in total. The fraction of sp³-hybridized carbons (Fsp3) is 0.136. The first-order valence-corrected chi connectivity index (χ1v) is 8.86. The van der Waals surface area contributed by atoms with Crippen LogP contribution in [-0.2, 0) is 4.74 Å². The first-order valence-electron chi connectivity index (χ1n) is 8.86. The molecule has 1 aromatic heterocycles. The lowest BCUT2D eigenvalue weighted by molar-refractivity contribution is 0.0524. The number of carbonyl (C=O) groups is 2. The Bertz CT molecular complexity index is 987. The first-order chi connectivity index (χ1) is 13.6. The van der Waals surface area contributed by atoms with Crippen molar-refractivity contribution in [2.24, 2.45) is 0 Å². The smallest absolute Gasteiger partial charge is 0.339 e. The molecule has 1 heterocycles. The monoisotopic (exact) mass is 376 g/mol. The lowest BCUT2D eigenvalue weighted by atomic mass is 10.2. The fourth-order valence-corrected chi connectivity index (χ4v) is 2.57. The molecule has 6 heteroatoms. The Morgan fingerprint density at radius 3 is 2.39 bits per heavy atom. The van der Waals surface area contributed by atoms with Gasteiger partial charge in [0.1, 0.15) is 11.4 Å². The number of para-hydroxylation sites is 3. The van der Waals surface area contributed by atoms with E-state index in [2.05, 4.69) is 10.3 Å². The van der Waals surface area contributed by atoms with E-state index in [4.69, 9.17) is 9.47 Å². The molecule has 0 fully saturated rings. The van der Waals surface area contributed by atoms with Crippen molar-refractivity contribution in [3.63, 3.8) is 0 Å². The zero-order valence-electron chi connectivity index (χ0n) is 15.6. The maximum atomic E-state index is 12.6. The van der Waals surface area contributed by atoms with Gasteiger partial charge in [-0.05, 0) is 50.2 Å². The van der Waals surface area contributed by atoms with Gasteiger partial charge in [0, 0.05) is 0 Å². The summed E-state index contributed by atoms with van der Waals surface area (Å²) in [5.41, 5.74) is 1.48. The maximum absolute atomic E-state index is 12.6. The number of aromatic nitrogens is 1. The largest absolute Gasteiger partial charge is 0.462 e. The van der Waals surface area contributed by atoms with Crippen LogP contribution in [-0.4, -0.2) is 23.5 Å². The van der Waals surface area contributed by atoms with Gasteiger partial charge in [-0.2, -0.15) is 0 Å². The number of anilines is 1. The van der Waals surface area contributed by atoms with Crippen LogP contribution < -0.4 is 10.1 Å². The minimum absolute atomic E-state index is 0.195. The van der Waals surface area contributed by atoms with Crippen LogP contribution in [0.15, 0.2) is 66.7 Å². The minimum Gasteiger partial charge on any atom is -0.462 e. The van der Waals surface area contributed by atoms with Gasteiger partial charge in [-0.15, -0.1) is 0 Å². The summed E-state index contributed by atoms with van der Waals surface area (Å²) in [6.07, 6.45) is 0. The summed E-state index contributed by atoms with van der Waals surface area (Å²) in [7, 11) is 0. The summed E-state index contributed by atoms with van der Waals surface area (Å²) >= 11 is 0. The molecule has 3 aromatic rings. The summed E-state index contributed by atoms with van der Waals surface area (Å²) in [5, 5.41) is 2.81. The van der Waals surface area contributed by atoms with Crippen molar-refractivity contribution >= 4 is 17.6 Å². The van der Waals surface area contributed by atoms with Crippen LogP contribution in [0.3, 0.4) is 0 Å². The summed E-state index contributed by atoms with van der Waals surface area (Å²) < 4.78 is 10.8. The van der Waals surface area contributed by atoms with Gasteiger partial charge < -0.3 is 14.8 Å². The van der Waals surface area contributed by atoms with E-state index in [0.717, 1.165) is 0 Å². The van der Waals surface area contributed by atoms with Gasteiger partial charge in [0.15, 0.2) is 5.75 Å². The Morgan fingerprint density at radius 2 is 1.68 bits per heavy atom. The summed E-state index contributed by atoms with van der Waals surface area (Å²) in [5.74, 6) is 0.322. The molecule has 0 radical (unpaired) electrons. The van der Waals surface area contributed by atoms with Crippen molar-refractivity contribution in [2.45, 2.75) is 13.8 Å². The molecule has 0 saturated heterocycles. The Hall–Kier alpha value is -3.67. The maximum Gasteiger partial charge on any atom is 0.339 e. The number of hydrogen-bond donors (Lipinski definition) is 1. The zero-order valence-corrected chi connectivity index (χ0v) is 15.6. The van der Waals surface area contributed by atoms with Crippen LogP contribution in [0.4, 0.5) is 5.69 Å². The molecule has 0 saturated carbocycles. The van der Waals surface area contributed by atoms with Gasteiger partial charge in [0.2, 0.25) is 0 Å². The van der Waals surface area contributed by atoms with Crippen LogP contribution in [0.5, 0.6) is 11.5 Å². The van der Waals surface area contributed by atoms with E-state index in [1.807, 2.05) is 36.4 Å². The van der Waals surface area contributed by atoms with Crippen molar-refractivity contribution in [2.75, 3.05) is 11.9 Å². The van der Waals surface area contributed by atoms with Crippen molar-refractivity contribution in [1.29, 1.82) is 0 Å². The number of rotatable bonds is 6. The summed E-state index contributed by atoms with van der Waals surface area (Å²) in [4.78, 5) is 28.7. The third-order valence-electron chi connectivity index (χ3n) is 3.92. The first kappa shape index (κ1) is 19.1. The van der Waals surface area contributed by atoms with E-state index in [9.17, 15) is 9.59 Å². The third kappa shape index (κ3) is 4.54. The molecule has 0 atom stereocenters. The van der Waals surface area contributed by atoms with Crippen LogP contribution in [0, 0.1) is 6.92 Å². The molecule has 0 bridgehead atoms. The number of aryl methyl sites for hydroxylation is 1. The molecule has 0 aliphatic carbocycles. The Morgan fingerprint density at radius 1 is 0.964 bits per heavy atom. The van der Waals surface area contributed by atoms with Gasteiger partial charge >= 0.3 is 5.97 Å². The predicted molar refractivity (Wildman–Crippen MR) is 106 cm³/mol. The number of carbonyl (C=O) groups excluding carboxylic acids is 2. The number of pyridine rings is 1. The Kier molecular flexibility index (Phi) is 6.01. The molecule has 3 rings (SSSR count). The lowest BCUT2D eigenvalue weighted by Gasteiger charge is -2.12. The van der Waals surface area contributed by atoms with E-state index >= 15 is 0 Å². The van der Waals surface area contributed by atoms with E-state index in [0.29, 0.717) is 28.4 Å². The second-order valence-electron chi connectivity index (χ2n) is 5.92. The zero-order chi connectivity index (χ0) is 19.9. The van der Waals surface area contributed by atoms with Gasteiger partial charge in [-0.3, -0.25) is 4.79 Å². The molecule has 0 aliphatic rings. The Balaban J connectivity index is 1.78. The Labute approximate surface area is 163 Å². The predicted octanol–water partition coefficient (Wildman–Crippen LogP) is 4.61.